The van der Waals surface area contributed by atoms with Gasteiger partial charge in [-0.15, -0.1) is 0 Å². The second kappa shape index (κ2) is 4.44. The zero-order chi connectivity index (χ0) is 14.8. The van der Waals surface area contributed by atoms with Crippen LogP contribution in [-0.4, -0.2) is 17.0 Å². The molecular formula is C19H28O2. The van der Waals surface area contributed by atoms with Crippen LogP contribution in [0.1, 0.15) is 65.2 Å². The molecule has 2 nitrogen and oxygen atoms in total. The fourth-order valence-corrected chi connectivity index (χ4v) is 6.53. The number of aliphatic hydroxyl groups is 1. The molecule has 0 bridgehead atoms. The van der Waals surface area contributed by atoms with Crippen molar-refractivity contribution in [3.05, 3.63) is 11.6 Å². The lowest BCUT2D eigenvalue weighted by Crippen LogP contribution is -2.51. The lowest BCUT2D eigenvalue weighted by atomic mass is 9.47. The van der Waals surface area contributed by atoms with Crippen LogP contribution in [0.2, 0.25) is 0 Å². The number of aliphatic hydroxyl groups excluding tert-OH is 1. The Kier molecular flexibility index (Phi) is 2.96. The number of hydrogen-bond donors (Lipinski definition) is 1. The van der Waals surface area contributed by atoms with Crippen LogP contribution in [0.3, 0.4) is 0 Å². The summed E-state index contributed by atoms with van der Waals surface area (Å²) < 4.78 is 0. The summed E-state index contributed by atoms with van der Waals surface area (Å²) in [6, 6.07) is 0. The van der Waals surface area contributed by atoms with Gasteiger partial charge in [-0.3, -0.25) is 4.79 Å². The molecule has 0 radical (unpaired) electrons. The molecule has 0 heterocycles. The Labute approximate surface area is 128 Å². The number of fused-ring (bicyclic) bond motifs is 5. The highest BCUT2D eigenvalue weighted by Gasteiger charge is 2.58. The van der Waals surface area contributed by atoms with Crippen molar-refractivity contribution in [1.82, 2.24) is 0 Å². The molecule has 116 valence electrons. The fraction of sp³-hybridized carbons (Fsp3) is 0.842. The summed E-state index contributed by atoms with van der Waals surface area (Å²) in [5.74, 6) is 2.57. The van der Waals surface area contributed by atoms with Crippen LogP contribution in [-0.2, 0) is 4.79 Å². The molecule has 0 aromatic carbocycles. The average molecular weight is 288 g/mol. The van der Waals surface area contributed by atoms with Gasteiger partial charge < -0.3 is 5.11 Å². The number of carbonyl (C=O) groups is 1. The quantitative estimate of drug-likeness (QED) is 0.734. The van der Waals surface area contributed by atoms with E-state index < -0.39 is 0 Å². The van der Waals surface area contributed by atoms with E-state index in [2.05, 4.69) is 13.8 Å². The summed E-state index contributed by atoms with van der Waals surface area (Å²) in [6.07, 6.45) is 10.7. The van der Waals surface area contributed by atoms with Crippen LogP contribution < -0.4 is 0 Å². The molecule has 21 heavy (non-hydrogen) atoms. The number of allylic oxidation sites excluding steroid dienone is 1. The van der Waals surface area contributed by atoms with Gasteiger partial charge in [-0.25, -0.2) is 0 Å². The van der Waals surface area contributed by atoms with Gasteiger partial charge in [-0.05, 0) is 79.6 Å². The molecule has 6 atom stereocenters. The van der Waals surface area contributed by atoms with Crippen LogP contribution in [0.5, 0.6) is 0 Å². The van der Waals surface area contributed by atoms with Crippen molar-refractivity contribution in [2.75, 3.05) is 0 Å². The highest BCUT2D eigenvalue weighted by molar-refractivity contribution is 5.91. The maximum absolute atomic E-state index is 11.8. The third kappa shape index (κ3) is 1.78. The first-order chi connectivity index (χ1) is 9.95. The van der Waals surface area contributed by atoms with E-state index in [1.54, 1.807) is 0 Å². The summed E-state index contributed by atoms with van der Waals surface area (Å²) in [6.45, 7) is 4.76. The Bertz CT molecular complexity index is 508. The molecule has 3 fully saturated rings. The first-order valence-electron chi connectivity index (χ1n) is 8.87. The van der Waals surface area contributed by atoms with Crippen molar-refractivity contribution in [1.29, 1.82) is 0 Å². The summed E-state index contributed by atoms with van der Waals surface area (Å²) in [7, 11) is 0. The summed E-state index contributed by atoms with van der Waals surface area (Å²) >= 11 is 0. The van der Waals surface area contributed by atoms with Crippen molar-refractivity contribution >= 4 is 5.78 Å². The highest BCUT2D eigenvalue weighted by Crippen LogP contribution is 2.65. The van der Waals surface area contributed by atoms with Gasteiger partial charge in [-0.1, -0.05) is 19.4 Å². The van der Waals surface area contributed by atoms with Crippen LogP contribution in [0.4, 0.5) is 0 Å². The zero-order valence-corrected chi connectivity index (χ0v) is 13.4. The topological polar surface area (TPSA) is 37.3 Å². The molecule has 0 aromatic heterocycles. The average Bonchev–Trinajstić information content (AvgIpc) is 2.76. The van der Waals surface area contributed by atoms with E-state index in [0.717, 1.165) is 37.5 Å². The first-order valence-corrected chi connectivity index (χ1v) is 8.87. The standard InChI is InChI=1S/C19H28O2/c1-18-9-7-13(20)11-12(18)3-4-14-15-5-6-17(21)19(15,2)10-8-16(14)18/h11,14-17,21H,3-10H2,1-2H3/t14-,15-,16-,17?,18-,19-/m0/s1. The molecular weight excluding hydrogens is 260 g/mol. The first kappa shape index (κ1) is 14.0. The molecule has 0 aromatic rings. The van der Waals surface area contributed by atoms with Crippen LogP contribution >= 0.6 is 0 Å². The third-order valence-corrected chi connectivity index (χ3v) is 7.91. The lowest BCUT2D eigenvalue weighted by Gasteiger charge is -2.57. The van der Waals surface area contributed by atoms with Gasteiger partial charge in [0, 0.05) is 6.42 Å². The maximum atomic E-state index is 11.8. The summed E-state index contributed by atoms with van der Waals surface area (Å²) in [4.78, 5) is 11.8. The molecule has 1 N–H and O–H groups in total. The van der Waals surface area contributed by atoms with Gasteiger partial charge in [0.15, 0.2) is 5.78 Å². The SMILES string of the molecule is C[C@]12CCC(=O)C=C1CC[C@@H]1[C@@H]2CC[C@]2(C)C(O)CC[C@@H]12. The number of hydrogen-bond acceptors (Lipinski definition) is 2. The summed E-state index contributed by atoms with van der Waals surface area (Å²) in [5.41, 5.74) is 1.89. The van der Waals surface area contributed by atoms with Crippen LogP contribution in [0.25, 0.3) is 0 Å². The molecule has 4 aliphatic rings. The molecule has 3 saturated carbocycles. The van der Waals surface area contributed by atoms with E-state index in [4.69, 9.17) is 0 Å². The van der Waals surface area contributed by atoms with E-state index in [9.17, 15) is 9.90 Å². The molecule has 4 rings (SSSR count). The second-order valence-corrected chi connectivity index (χ2v) is 8.61. The fourth-order valence-electron chi connectivity index (χ4n) is 6.53. The van der Waals surface area contributed by atoms with E-state index >= 15 is 0 Å². The molecule has 4 aliphatic carbocycles. The molecule has 1 unspecified atom stereocenters. The van der Waals surface area contributed by atoms with Crippen molar-refractivity contribution in [3.8, 4) is 0 Å². The van der Waals surface area contributed by atoms with Crippen LogP contribution in [0.15, 0.2) is 11.6 Å². The van der Waals surface area contributed by atoms with Gasteiger partial charge in [0.05, 0.1) is 6.10 Å². The Morgan fingerprint density at radius 1 is 1.05 bits per heavy atom. The van der Waals surface area contributed by atoms with Crippen molar-refractivity contribution < 1.29 is 9.90 Å². The zero-order valence-electron chi connectivity index (χ0n) is 13.4. The Morgan fingerprint density at radius 3 is 2.67 bits per heavy atom. The lowest BCUT2D eigenvalue weighted by molar-refractivity contribution is -0.118. The number of carbonyl (C=O) groups excluding carboxylic acids is 1. The Morgan fingerprint density at radius 2 is 1.86 bits per heavy atom. The minimum atomic E-state index is -0.0823. The van der Waals surface area contributed by atoms with E-state index in [1.165, 1.54) is 31.3 Å². The Balaban J connectivity index is 1.69. The highest BCUT2D eigenvalue weighted by atomic mass is 16.3. The molecule has 0 saturated heterocycles. The summed E-state index contributed by atoms with van der Waals surface area (Å²) in [5, 5.41) is 10.4. The van der Waals surface area contributed by atoms with Gasteiger partial charge in [0.2, 0.25) is 0 Å². The van der Waals surface area contributed by atoms with E-state index in [0.29, 0.717) is 11.7 Å². The van der Waals surface area contributed by atoms with Crippen molar-refractivity contribution in [3.63, 3.8) is 0 Å². The molecule has 0 spiro atoms. The number of ketones is 1. The molecule has 2 heteroatoms. The third-order valence-electron chi connectivity index (χ3n) is 7.91. The van der Waals surface area contributed by atoms with Crippen LogP contribution in [0, 0.1) is 28.6 Å². The number of rotatable bonds is 0. The monoisotopic (exact) mass is 288 g/mol. The second-order valence-electron chi connectivity index (χ2n) is 8.61. The largest absolute Gasteiger partial charge is 0.393 e. The minimum Gasteiger partial charge on any atom is -0.393 e. The maximum Gasteiger partial charge on any atom is 0.155 e. The normalized spacial score (nSPS) is 52.7. The van der Waals surface area contributed by atoms with Gasteiger partial charge in [0.25, 0.3) is 0 Å². The smallest absolute Gasteiger partial charge is 0.155 e. The van der Waals surface area contributed by atoms with E-state index in [-0.39, 0.29) is 16.9 Å². The van der Waals surface area contributed by atoms with Gasteiger partial charge in [-0.2, -0.15) is 0 Å². The van der Waals surface area contributed by atoms with Crippen molar-refractivity contribution in [2.45, 2.75) is 71.3 Å². The molecule has 0 aliphatic heterocycles. The van der Waals surface area contributed by atoms with Gasteiger partial charge in [0.1, 0.15) is 0 Å². The van der Waals surface area contributed by atoms with Gasteiger partial charge >= 0.3 is 0 Å². The molecule has 0 amide bonds. The minimum absolute atomic E-state index is 0.0823. The predicted molar refractivity (Wildman–Crippen MR) is 82.7 cm³/mol. The Hall–Kier alpha value is -0.630. The van der Waals surface area contributed by atoms with Crippen molar-refractivity contribution in [2.24, 2.45) is 28.6 Å². The predicted octanol–water partition coefficient (Wildman–Crippen LogP) is 3.88. The van der Waals surface area contributed by atoms with E-state index in [1.807, 2.05) is 6.08 Å².